The Hall–Kier alpha value is -1.96. The minimum absolute atomic E-state index is 0.878. The number of benzene rings is 2. The van der Waals surface area contributed by atoms with Crippen LogP contribution in [-0.2, 0) is 6.42 Å². The van der Waals surface area contributed by atoms with Gasteiger partial charge in [0.1, 0.15) is 16.9 Å². The fourth-order valence-electron chi connectivity index (χ4n) is 2.96. The molecule has 0 aliphatic heterocycles. The van der Waals surface area contributed by atoms with Gasteiger partial charge in [-0.3, -0.25) is 0 Å². The summed E-state index contributed by atoms with van der Waals surface area (Å²) in [7, 11) is 1.70. The van der Waals surface area contributed by atoms with E-state index in [9.17, 15) is 0 Å². The lowest BCUT2D eigenvalue weighted by Gasteiger charge is -2.03. The molecule has 0 aliphatic rings. The summed E-state index contributed by atoms with van der Waals surface area (Å²) in [6.07, 6.45) is 2.25. The van der Waals surface area contributed by atoms with Crippen molar-refractivity contribution in [3.63, 3.8) is 0 Å². The topological polar surface area (TPSA) is 22.4 Å². The summed E-state index contributed by atoms with van der Waals surface area (Å²) >= 11 is 0. The Bertz CT molecular complexity index is 781. The van der Waals surface area contributed by atoms with E-state index >= 15 is 0 Å². The molecule has 1 aromatic heterocycles. The first kappa shape index (κ1) is 13.0. The highest BCUT2D eigenvalue weighted by molar-refractivity contribution is 6.07. The van der Waals surface area contributed by atoms with Crippen molar-refractivity contribution in [3.05, 3.63) is 41.0 Å². The van der Waals surface area contributed by atoms with Crippen LogP contribution in [0.2, 0.25) is 0 Å². The Morgan fingerprint density at radius 1 is 0.950 bits per heavy atom. The van der Waals surface area contributed by atoms with Gasteiger partial charge in [0.2, 0.25) is 0 Å². The third kappa shape index (κ3) is 1.79. The second kappa shape index (κ2) is 4.86. The molecule has 0 bridgehead atoms. The highest BCUT2D eigenvalue weighted by atomic mass is 16.5. The number of aryl methyl sites for hydroxylation is 3. The lowest BCUT2D eigenvalue weighted by Crippen LogP contribution is -1.88. The molecule has 0 unspecified atom stereocenters. The minimum Gasteiger partial charge on any atom is -0.496 e. The van der Waals surface area contributed by atoms with Crippen molar-refractivity contribution in [2.24, 2.45) is 0 Å². The van der Waals surface area contributed by atoms with Crippen LogP contribution in [0.4, 0.5) is 0 Å². The Labute approximate surface area is 119 Å². The number of fused-ring (bicyclic) bond motifs is 3. The quantitative estimate of drug-likeness (QED) is 0.654. The van der Waals surface area contributed by atoms with Gasteiger partial charge < -0.3 is 9.15 Å². The molecule has 20 heavy (non-hydrogen) atoms. The molecule has 2 nitrogen and oxygen atoms in total. The maximum Gasteiger partial charge on any atom is 0.142 e. The van der Waals surface area contributed by atoms with Crippen LogP contribution in [0.25, 0.3) is 21.9 Å². The molecule has 1 heterocycles. The monoisotopic (exact) mass is 268 g/mol. The molecule has 3 aromatic rings. The van der Waals surface area contributed by atoms with Crippen LogP contribution in [0, 0.1) is 13.8 Å². The molecule has 2 aromatic carbocycles. The lowest BCUT2D eigenvalue weighted by molar-refractivity contribution is 0.411. The van der Waals surface area contributed by atoms with E-state index in [0.717, 1.165) is 35.3 Å². The number of ether oxygens (including phenoxy) is 1. The molecule has 0 amide bonds. The summed E-state index contributed by atoms with van der Waals surface area (Å²) in [5.74, 6) is 0.878. The van der Waals surface area contributed by atoms with E-state index in [4.69, 9.17) is 9.15 Å². The van der Waals surface area contributed by atoms with Gasteiger partial charge in [-0.05, 0) is 43.5 Å². The van der Waals surface area contributed by atoms with Crippen molar-refractivity contribution in [2.75, 3.05) is 7.11 Å². The number of rotatable bonds is 3. The van der Waals surface area contributed by atoms with Crippen LogP contribution >= 0.6 is 0 Å². The number of methoxy groups -OCH3 is 1. The van der Waals surface area contributed by atoms with Crippen molar-refractivity contribution >= 4 is 21.9 Å². The average Bonchev–Trinajstić information content (AvgIpc) is 2.83. The number of hydrogen-bond donors (Lipinski definition) is 0. The van der Waals surface area contributed by atoms with E-state index in [1.807, 2.05) is 13.0 Å². The van der Waals surface area contributed by atoms with Crippen LogP contribution < -0.4 is 4.74 Å². The Morgan fingerprint density at radius 2 is 1.60 bits per heavy atom. The first-order chi connectivity index (χ1) is 9.67. The zero-order chi connectivity index (χ0) is 14.3. The number of furan rings is 1. The van der Waals surface area contributed by atoms with Gasteiger partial charge in [-0.25, -0.2) is 0 Å². The van der Waals surface area contributed by atoms with Crippen molar-refractivity contribution < 1.29 is 9.15 Å². The molecule has 0 fully saturated rings. The molecule has 104 valence electrons. The molecule has 0 radical (unpaired) electrons. The maximum absolute atomic E-state index is 6.16. The summed E-state index contributed by atoms with van der Waals surface area (Å²) in [5.41, 5.74) is 5.67. The second-order valence-electron chi connectivity index (χ2n) is 5.35. The van der Waals surface area contributed by atoms with E-state index < -0.39 is 0 Å². The van der Waals surface area contributed by atoms with E-state index in [2.05, 4.69) is 32.0 Å². The normalized spacial score (nSPS) is 11.4. The fraction of sp³-hybridized carbons (Fsp3) is 0.333. The Morgan fingerprint density at radius 3 is 2.25 bits per heavy atom. The van der Waals surface area contributed by atoms with Crippen LogP contribution in [0.5, 0.6) is 5.75 Å². The second-order valence-corrected chi connectivity index (χ2v) is 5.35. The van der Waals surface area contributed by atoms with Gasteiger partial charge in [-0.15, -0.1) is 0 Å². The minimum atomic E-state index is 0.878. The summed E-state index contributed by atoms with van der Waals surface area (Å²) in [6.45, 7) is 6.41. The lowest BCUT2D eigenvalue weighted by atomic mass is 10.0. The van der Waals surface area contributed by atoms with Crippen LogP contribution in [0.3, 0.4) is 0 Å². The molecule has 0 aliphatic carbocycles. The van der Waals surface area contributed by atoms with E-state index in [1.54, 1.807) is 7.11 Å². The van der Waals surface area contributed by atoms with Crippen molar-refractivity contribution in [1.29, 1.82) is 0 Å². The van der Waals surface area contributed by atoms with Gasteiger partial charge in [0.05, 0.1) is 7.11 Å². The third-order valence-electron chi connectivity index (χ3n) is 4.11. The molecule has 0 saturated heterocycles. The summed E-state index contributed by atoms with van der Waals surface area (Å²) < 4.78 is 11.5. The summed E-state index contributed by atoms with van der Waals surface area (Å²) in [6, 6.07) is 8.52. The molecule has 2 heteroatoms. The predicted octanol–water partition coefficient (Wildman–Crippen LogP) is 5.16. The Balaban J connectivity index is 2.35. The van der Waals surface area contributed by atoms with Crippen molar-refractivity contribution in [2.45, 2.75) is 33.6 Å². The molecule has 0 spiro atoms. The standard InChI is InChI=1S/C18H20O2/c1-5-6-13-7-8-14-15-9-10-16(19-4)12(3)18(15)20-17(14)11(13)2/h7-10H,5-6H2,1-4H3. The van der Waals surface area contributed by atoms with Crippen LogP contribution in [0.15, 0.2) is 28.7 Å². The van der Waals surface area contributed by atoms with Crippen LogP contribution in [0.1, 0.15) is 30.0 Å². The molecule has 0 saturated carbocycles. The van der Waals surface area contributed by atoms with Gasteiger partial charge in [0.25, 0.3) is 0 Å². The number of hydrogen-bond acceptors (Lipinski definition) is 2. The zero-order valence-corrected chi connectivity index (χ0v) is 12.5. The fourth-order valence-corrected chi connectivity index (χ4v) is 2.96. The van der Waals surface area contributed by atoms with Gasteiger partial charge in [0, 0.05) is 16.3 Å². The highest BCUT2D eigenvalue weighted by Gasteiger charge is 2.14. The summed E-state index contributed by atoms with van der Waals surface area (Å²) in [5, 5.41) is 2.37. The first-order valence-corrected chi connectivity index (χ1v) is 7.15. The van der Waals surface area contributed by atoms with E-state index in [1.165, 1.54) is 21.9 Å². The first-order valence-electron chi connectivity index (χ1n) is 7.15. The molecular weight excluding hydrogens is 248 g/mol. The van der Waals surface area contributed by atoms with Crippen molar-refractivity contribution in [3.8, 4) is 5.75 Å². The zero-order valence-electron chi connectivity index (χ0n) is 12.5. The SMILES string of the molecule is CCCc1ccc2c(oc3c(C)c(OC)ccc32)c1C. The van der Waals surface area contributed by atoms with Crippen molar-refractivity contribution in [1.82, 2.24) is 0 Å². The third-order valence-corrected chi connectivity index (χ3v) is 4.11. The molecule has 3 rings (SSSR count). The molecular formula is C18H20O2. The maximum atomic E-state index is 6.16. The van der Waals surface area contributed by atoms with Crippen LogP contribution in [-0.4, -0.2) is 7.11 Å². The molecule has 0 N–H and O–H groups in total. The van der Waals surface area contributed by atoms with Gasteiger partial charge in [0.15, 0.2) is 0 Å². The molecule has 0 atom stereocenters. The van der Waals surface area contributed by atoms with E-state index in [0.29, 0.717) is 0 Å². The summed E-state index contributed by atoms with van der Waals surface area (Å²) in [4.78, 5) is 0. The van der Waals surface area contributed by atoms with Gasteiger partial charge in [-0.1, -0.05) is 25.5 Å². The largest absolute Gasteiger partial charge is 0.496 e. The average molecular weight is 268 g/mol. The van der Waals surface area contributed by atoms with E-state index in [-0.39, 0.29) is 0 Å². The smallest absolute Gasteiger partial charge is 0.142 e. The Kier molecular flexibility index (Phi) is 3.17. The highest BCUT2D eigenvalue weighted by Crippen LogP contribution is 2.37. The predicted molar refractivity (Wildman–Crippen MR) is 83.7 cm³/mol. The van der Waals surface area contributed by atoms with Gasteiger partial charge in [-0.2, -0.15) is 0 Å². The van der Waals surface area contributed by atoms with Gasteiger partial charge >= 0.3 is 0 Å².